The molecule has 13 nitrogen and oxygen atoms in total. The number of nitrogens with one attached hydrogen (secondary N) is 1. The maximum atomic E-state index is 14.2. The Kier molecular flexibility index (Phi) is 15.7. The van der Waals surface area contributed by atoms with Crippen LogP contribution >= 0.6 is 0 Å². The molecule has 2 amide bonds. The number of benzene rings is 3. The third-order valence-corrected chi connectivity index (χ3v) is 12.5. The van der Waals surface area contributed by atoms with E-state index in [1.165, 1.54) is 0 Å². The van der Waals surface area contributed by atoms with Gasteiger partial charge in [0.1, 0.15) is 24.1 Å². The number of carbonyl (C=O) groups is 2. The highest BCUT2D eigenvalue weighted by Gasteiger charge is 2.65. The number of amides is 2. The molecular formula is C49H61N3O10. The topological polar surface area (TPSA) is 158 Å². The molecule has 0 bridgehead atoms. The van der Waals surface area contributed by atoms with Gasteiger partial charge in [-0.2, -0.15) is 0 Å². The van der Waals surface area contributed by atoms with E-state index < -0.39 is 36.2 Å². The van der Waals surface area contributed by atoms with E-state index in [2.05, 4.69) is 18.0 Å². The van der Waals surface area contributed by atoms with Gasteiger partial charge in [0, 0.05) is 51.1 Å². The number of likely N-dealkylation sites (N-methyl/N-ethyl adjacent to an activating group) is 1. The standard InChI is InChI=1S/C49H61N3O10/c1-3-27-59-49-43(52(2)48(56)58-33-35-18-8-5-9-19-35)31-41(51-62-44-22-12-15-28-57-44)39-29-36(20-10-13-25-53)38(21-11-14-26-54)45(46(39)49)40-30-37(23-24-42(40)61-49)60-47(55)50-32-34-16-6-4-7-17-34/h3-9,16-19,23-24,29-30,36,38,43-46,53-54H,1,10-15,20-22,25-28,31-33H2,2H3,(H,50,55). The summed E-state index contributed by atoms with van der Waals surface area (Å²) in [6, 6.07) is 23.8. The number of carbonyl (C=O) groups excluding carboxylic acids is 2. The number of nitrogens with zero attached hydrogens (tertiary/aromatic N) is 2. The summed E-state index contributed by atoms with van der Waals surface area (Å²) in [6.45, 7) is 5.23. The largest absolute Gasteiger partial charge is 0.459 e. The molecule has 0 aromatic heterocycles. The molecule has 332 valence electrons. The molecule has 0 spiro atoms. The maximum Gasteiger partial charge on any atom is 0.412 e. The third-order valence-electron chi connectivity index (χ3n) is 12.5. The summed E-state index contributed by atoms with van der Waals surface area (Å²) >= 11 is 0. The van der Waals surface area contributed by atoms with Crippen molar-refractivity contribution in [3.63, 3.8) is 0 Å². The number of aliphatic hydroxyl groups excluding tert-OH is 2. The predicted octanol–water partition coefficient (Wildman–Crippen LogP) is 8.40. The lowest BCUT2D eigenvalue weighted by molar-refractivity contribution is -0.254. The predicted molar refractivity (Wildman–Crippen MR) is 233 cm³/mol. The first-order valence-corrected chi connectivity index (χ1v) is 22.1. The Bertz CT molecular complexity index is 2000. The smallest absolute Gasteiger partial charge is 0.412 e. The number of hydrogen-bond acceptors (Lipinski definition) is 11. The highest BCUT2D eigenvalue weighted by atomic mass is 16.8. The molecule has 0 radical (unpaired) electrons. The van der Waals surface area contributed by atoms with Crippen molar-refractivity contribution in [3.8, 4) is 11.5 Å². The van der Waals surface area contributed by atoms with Crippen LogP contribution in [0.1, 0.15) is 86.8 Å². The summed E-state index contributed by atoms with van der Waals surface area (Å²) < 4.78 is 32.0. The Morgan fingerprint density at radius 2 is 1.71 bits per heavy atom. The first-order valence-electron chi connectivity index (χ1n) is 22.1. The van der Waals surface area contributed by atoms with Crippen LogP contribution in [0, 0.1) is 17.8 Å². The zero-order valence-electron chi connectivity index (χ0n) is 35.7. The quantitative estimate of drug-likeness (QED) is 0.0608. The molecule has 7 rings (SSSR count). The molecule has 1 saturated carbocycles. The molecule has 3 aromatic carbocycles. The molecule has 2 fully saturated rings. The molecule has 62 heavy (non-hydrogen) atoms. The van der Waals surface area contributed by atoms with Crippen LogP contribution in [-0.2, 0) is 32.2 Å². The van der Waals surface area contributed by atoms with Gasteiger partial charge in [-0.05, 0) is 85.3 Å². The molecule has 2 aliphatic carbocycles. The molecule has 4 aliphatic rings. The Morgan fingerprint density at radius 1 is 0.968 bits per heavy atom. The molecule has 7 unspecified atom stereocenters. The lowest BCUT2D eigenvalue weighted by Crippen LogP contribution is -2.69. The molecule has 2 aliphatic heterocycles. The molecule has 7 atom stereocenters. The Labute approximate surface area is 364 Å². The number of oxime groups is 1. The van der Waals surface area contributed by atoms with Crippen LogP contribution in [0.15, 0.2) is 108 Å². The van der Waals surface area contributed by atoms with E-state index in [9.17, 15) is 19.8 Å². The van der Waals surface area contributed by atoms with Crippen LogP contribution in [0.25, 0.3) is 0 Å². The fraction of sp³-hybridized carbons (Fsp3) is 0.490. The van der Waals surface area contributed by atoms with E-state index >= 15 is 0 Å². The van der Waals surface area contributed by atoms with Crippen molar-refractivity contribution in [1.29, 1.82) is 0 Å². The molecule has 13 heteroatoms. The monoisotopic (exact) mass is 851 g/mol. The van der Waals surface area contributed by atoms with Gasteiger partial charge in [-0.15, -0.1) is 6.58 Å². The fourth-order valence-corrected chi connectivity index (χ4v) is 9.57. The minimum atomic E-state index is -1.46. The molecule has 3 aromatic rings. The van der Waals surface area contributed by atoms with Crippen LogP contribution in [0.2, 0.25) is 0 Å². The Morgan fingerprint density at radius 3 is 2.42 bits per heavy atom. The van der Waals surface area contributed by atoms with Crippen LogP contribution in [0.4, 0.5) is 9.59 Å². The van der Waals surface area contributed by atoms with Gasteiger partial charge in [-0.3, -0.25) is 0 Å². The van der Waals surface area contributed by atoms with E-state index in [0.717, 1.165) is 60.8 Å². The van der Waals surface area contributed by atoms with Crippen LogP contribution in [0.3, 0.4) is 0 Å². The Balaban J connectivity index is 1.34. The van der Waals surface area contributed by atoms with Gasteiger partial charge in [-0.25, -0.2) is 9.59 Å². The van der Waals surface area contributed by atoms with Crippen LogP contribution in [0.5, 0.6) is 11.5 Å². The van der Waals surface area contributed by atoms with Crippen LogP contribution < -0.4 is 14.8 Å². The van der Waals surface area contributed by atoms with E-state index in [1.54, 1.807) is 24.1 Å². The summed E-state index contributed by atoms with van der Waals surface area (Å²) in [4.78, 5) is 35.2. The second kappa shape index (κ2) is 21.7. The van der Waals surface area contributed by atoms with Crippen LogP contribution in [-0.4, -0.2) is 84.6 Å². The van der Waals surface area contributed by atoms with Crippen molar-refractivity contribution in [1.82, 2.24) is 10.2 Å². The molecule has 1 saturated heterocycles. The van der Waals surface area contributed by atoms with Crippen molar-refractivity contribution in [2.45, 2.75) is 101 Å². The average molecular weight is 852 g/mol. The van der Waals surface area contributed by atoms with E-state index in [-0.39, 0.29) is 50.6 Å². The summed E-state index contributed by atoms with van der Waals surface area (Å²) in [5.41, 5.74) is 4.17. The number of hydrogen-bond donors (Lipinski definition) is 3. The lowest BCUT2D eigenvalue weighted by Gasteiger charge is -2.59. The highest BCUT2D eigenvalue weighted by Crippen LogP contribution is 2.62. The first kappa shape index (κ1) is 44.8. The van der Waals surface area contributed by atoms with Crippen molar-refractivity contribution >= 4 is 17.9 Å². The van der Waals surface area contributed by atoms with E-state index in [0.29, 0.717) is 49.6 Å². The summed E-state index contributed by atoms with van der Waals surface area (Å²) in [5.74, 6) is -1.39. The molecule has 2 heterocycles. The highest BCUT2D eigenvalue weighted by molar-refractivity contribution is 6.03. The zero-order valence-corrected chi connectivity index (χ0v) is 35.7. The zero-order chi connectivity index (χ0) is 43.3. The van der Waals surface area contributed by atoms with Gasteiger partial charge < -0.3 is 49.0 Å². The van der Waals surface area contributed by atoms with Crippen molar-refractivity contribution < 1.29 is 48.3 Å². The fourth-order valence-electron chi connectivity index (χ4n) is 9.57. The minimum absolute atomic E-state index is 0.0107. The second-order valence-electron chi connectivity index (χ2n) is 16.6. The van der Waals surface area contributed by atoms with Crippen molar-refractivity contribution in [2.24, 2.45) is 22.9 Å². The third kappa shape index (κ3) is 10.5. The number of aliphatic hydroxyl groups is 2. The van der Waals surface area contributed by atoms with E-state index in [1.807, 2.05) is 72.8 Å². The summed E-state index contributed by atoms with van der Waals surface area (Å²) in [6.07, 6.45) is 9.52. The number of ether oxygens (including phenoxy) is 5. The number of rotatable bonds is 19. The van der Waals surface area contributed by atoms with Gasteiger partial charge in [0.25, 0.3) is 0 Å². The lowest BCUT2D eigenvalue weighted by atomic mass is 9.55. The summed E-state index contributed by atoms with van der Waals surface area (Å²) in [7, 11) is 1.70. The average Bonchev–Trinajstić information content (AvgIpc) is 3.30. The summed E-state index contributed by atoms with van der Waals surface area (Å²) in [5, 5.41) is 27.5. The number of allylic oxidation sites excluding steroid dienone is 1. The molecular weight excluding hydrogens is 791 g/mol. The number of fused-ring (bicyclic) bond motifs is 2. The van der Waals surface area contributed by atoms with Gasteiger partial charge in [-0.1, -0.05) is 90.8 Å². The first-order chi connectivity index (χ1) is 30.3. The van der Waals surface area contributed by atoms with Crippen molar-refractivity contribution in [2.75, 3.05) is 33.5 Å². The minimum Gasteiger partial charge on any atom is -0.459 e. The van der Waals surface area contributed by atoms with Crippen molar-refractivity contribution in [3.05, 3.63) is 120 Å². The maximum absolute atomic E-state index is 14.2. The normalized spacial score (nSPS) is 25.6. The van der Waals surface area contributed by atoms with E-state index in [4.69, 9.17) is 33.7 Å². The Hall–Kier alpha value is -5.21. The SMILES string of the molecule is C=CCOC12Oc3ccc(OC(=O)NCc4ccccc4)cc3C3C(CCCCO)C(CCCCO)C=C(C(=NOC4CCCCO4)CC1N(C)C(=O)OCc1ccccc1)C32. The second-order valence-corrected chi connectivity index (χ2v) is 16.6. The van der Waals surface area contributed by atoms with Gasteiger partial charge in [0.2, 0.25) is 12.1 Å². The number of unbranched alkanes of at least 4 members (excludes halogenated alkanes) is 2. The van der Waals surface area contributed by atoms with Gasteiger partial charge in [0.15, 0.2) is 0 Å². The van der Waals surface area contributed by atoms with Gasteiger partial charge >= 0.3 is 12.2 Å². The van der Waals surface area contributed by atoms with Gasteiger partial charge in [0.05, 0.1) is 24.8 Å². The molecule has 3 N–H and O–H groups in total.